The number of hydrogen-bond donors (Lipinski definition) is 2. The smallest absolute Gasteiger partial charge is 0.221 e. The van der Waals surface area contributed by atoms with E-state index in [1.807, 2.05) is 4.90 Å². The Kier molecular flexibility index (Phi) is 4.11. The number of amides is 1. The lowest BCUT2D eigenvalue weighted by Crippen LogP contribution is -2.27. The van der Waals surface area contributed by atoms with Crippen LogP contribution in [0.3, 0.4) is 0 Å². The third-order valence-corrected chi connectivity index (χ3v) is 3.63. The van der Waals surface area contributed by atoms with E-state index < -0.39 is 0 Å². The van der Waals surface area contributed by atoms with Crippen LogP contribution >= 0.6 is 12.2 Å². The van der Waals surface area contributed by atoms with Gasteiger partial charge in [0.1, 0.15) is 10.8 Å². The second-order valence-corrected chi connectivity index (χ2v) is 5.21. The van der Waals surface area contributed by atoms with Crippen LogP contribution in [0.1, 0.15) is 17.5 Å². The molecule has 1 aromatic rings. The molecule has 1 amide bonds. The maximum absolute atomic E-state index is 14.1. The number of nitrogens with zero attached hydrogens (tertiary/aromatic N) is 1. The van der Waals surface area contributed by atoms with Crippen molar-refractivity contribution in [3.05, 3.63) is 35.1 Å². The van der Waals surface area contributed by atoms with Crippen molar-refractivity contribution in [1.82, 2.24) is 4.90 Å². The summed E-state index contributed by atoms with van der Waals surface area (Å²) >= 11 is 4.81. The standard InChI is InChI=1S/C13H16FN3OS/c14-11-8(2-1-3-10(11)13(16)19)6-17-5-4-9(7-17)12(15)18/h1-3,9H,4-7H2,(H2,15,18)(H2,16,19). The Bertz CT molecular complexity index is 521. The van der Waals surface area contributed by atoms with Gasteiger partial charge in [-0.1, -0.05) is 24.4 Å². The summed E-state index contributed by atoms with van der Waals surface area (Å²) < 4.78 is 14.1. The maximum Gasteiger partial charge on any atom is 0.221 e. The zero-order chi connectivity index (χ0) is 14.0. The summed E-state index contributed by atoms with van der Waals surface area (Å²) in [6, 6.07) is 5.00. The summed E-state index contributed by atoms with van der Waals surface area (Å²) in [6.45, 7) is 1.75. The Morgan fingerprint density at radius 1 is 1.47 bits per heavy atom. The highest BCUT2D eigenvalue weighted by Crippen LogP contribution is 2.21. The van der Waals surface area contributed by atoms with Crippen LogP contribution in [0.4, 0.5) is 4.39 Å². The van der Waals surface area contributed by atoms with Gasteiger partial charge in [-0.15, -0.1) is 0 Å². The van der Waals surface area contributed by atoms with Crippen LogP contribution in [-0.2, 0) is 11.3 Å². The molecule has 0 aromatic heterocycles. The minimum absolute atomic E-state index is 0.0517. The number of nitrogens with two attached hydrogens (primary N) is 2. The first-order chi connectivity index (χ1) is 8.99. The molecule has 0 bridgehead atoms. The zero-order valence-electron chi connectivity index (χ0n) is 10.4. The van der Waals surface area contributed by atoms with E-state index in [0.717, 1.165) is 13.0 Å². The average Bonchev–Trinajstić information content (AvgIpc) is 2.80. The molecular weight excluding hydrogens is 265 g/mol. The molecule has 1 aliphatic rings. The molecule has 6 heteroatoms. The summed E-state index contributed by atoms with van der Waals surface area (Å²) in [7, 11) is 0. The first-order valence-electron chi connectivity index (χ1n) is 6.08. The number of carbonyl (C=O) groups excluding carboxylic acids is 1. The fourth-order valence-corrected chi connectivity index (χ4v) is 2.50. The third kappa shape index (κ3) is 3.08. The molecule has 0 spiro atoms. The maximum atomic E-state index is 14.1. The van der Waals surface area contributed by atoms with Crippen molar-refractivity contribution in [3.8, 4) is 0 Å². The van der Waals surface area contributed by atoms with Crippen molar-refractivity contribution in [1.29, 1.82) is 0 Å². The fourth-order valence-electron chi connectivity index (χ4n) is 2.34. The Morgan fingerprint density at radius 2 is 2.21 bits per heavy atom. The summed E-state index contributed by atoms with van der Waals surface area (Å²) in [4.78, 5) is 13.2. The lowest BCUT2D eigenvalue weighted by Gasteiger charge is -2.16. The van der Waals surface area contributed by atoms with Crippen molar-refractivity contribution in [3.63, 3.8) is 0 Å². The molecule has 19 heavy (non-hydrogen) atoms. The number of thiocarbonyl (C=S) groups is 1. The van der Waals surface area contributed by atoms with Gasteiger partial charge in [0.2, 0.25) is 5.91 Å². The molecule has 1 unspecified atom stereocenters. The second-order valence-electron chi connectivity index (χ2n) is 4.77. The molecule has 1 atom stereocenters. The molecule has 0 saturated carbocycles. The molecule has 1 aromatic carbocycles. The van der Waals surface area contributed by atoms with E-state index >= 15 is 0 Å². The molecule has 1 fully saturated rings. The van der Waals surface area contributed by atoms with E-state index in [2.05, 4.69) is 0 Å². The summed E-state index contributed by atoms with van der Waals surface area (Å²) in [5.41, 5.74) is 11.5. The highest BCUT2D eigenvalue weighted by atomic mass is 32.1. The predicted molar refractivity (Wildman–Crippen MR) is 74.9 cm³/mol. The van der Waals surface area contributed by atoms with E-state index in [9.17, 15) is 9.18 Å². The Labute approximate surface area is 116 Å². The van der Waals surface area contributed by atoms with Crippen LogP contribution in [-0.4, -0.2) is 28.9 Å². The topological polar surface area (TPSA) is 72.4 Å². The van der Waals surface area contributed by atoms with Crippen LogP contribution < -0.4 is 11.5 Å². The van der Waals surface area contributed by atoms with E-state index in [1.165, 1.54) is 0 Å². The van der Waals surface area contributed by atoms with E-state index in [4.69, 9.17) is 23.7 Å². The van der Waals surface area contributed by atoms with Gasteiger partial charge in [0.05, 0.1) is 5.92 Å². The fraction of sp³-hybridized carbons (Fsp3) is 0.385. The van der Waals surface area contributed by atoms with Gasteiger partial charge in [-0.25, -0.2) is 4.39 Å². The van der Waals surface area contributed by atoms with Gasteiger partial charge in [-0.2, -0.15) is 0 Å². The molecule has 0 aliphatic carbocycles. The van der Waals surface area contributed by atoms with Crippen LogP contribution in [0, 0.1) is 11.7 Å². The molecular formula is C13H16FN3OS. The normalized spacial score (nSPS) is 19.5. The van der Waals surface area contributed by atoms with Crippen LogP contribution in [0.2, 0.25) is 0 Å². The van der Waals surface area contributed by atoms with Gasteiger partial charge in [-0.05, 0) is 19.0 Å². The lowest BCUT2D eigenvalue weighted by atomic mass is 10.1. The summed E-state index contributed by atoms with van der Waals surface area (Å²) in [5.74, 6) is -0.806. The number of halogens is 1. The number of carbonyl (C=O) groups is 1. The number of primary amides is 1. The molecule has 4 nitrogen and oxygen atoms in total. The van der Waals surface area contributed by atoms with Crippen molar-refractivity contribution in [2.75, 3.05) is 13.1 Å². The predicted octanol–water partition coefficient (Wildman–Crippen LogP) is 0.767. The van der Waals surface area contributed by atoms with Crippen molar-refractivity contribution in [2.24, 2.45) is 17.4 Å². The minimum atomic E-state index is -0.377. The lowest BCUT2D eigenvalue weighted by molar-refractivity contribution is -0.121. The highest BCUT2D eigenvalue weighted by Gasteiger charge is 2.27. The Hall–Kier alpha value is -1.53. The number of rotatable bonds is 4. The first-order valence-corrected chi connectivity index (χ1v) is 6.48. The van der Waals surface area contributed by atoms with Crippen molar-refractivity contribution >= 4 is 23.1 Å². The average molecular weight is 281 g/mol. The van der Waals surface area contributed by atoms with Crippen LogP contribution in [0.5, 0.6) is 0 Å². The summed E-state index contributed by atoms with van der Waals surface area (Å²) in [6.07, 6.45) is 0.728. The second kappa shape index (κ2) is 5.63. The molecule has 0 radical (unpaired) electrons. The molecule has 1 aliphatic heterocycles. The quantitative estimate of drug-likeness (QED) is 0.800. The van der Waals surface area contributed by atoms with Crippen LogP contribution in [0.25, 0.3) is 0 Å². The van der Waals surface area contributed by atoms with Crippen molar-refractivity contribution < 1.29 is 9.18 Å². The monoisotopic (exact) mass is 281 g/mol. The Balaban J connectivity index is 2.10. The van der Waals surface area contributed by atoms with Gasteiger partial charge in [0, 0.05) is 24.2 Å². The number of likely N-dealkylation sites (tertiary alicyclic amines) is 1. The largest absolute Gasteiger partial charge is 0.389 e. The minimum Gasteiger partial charge on any atom is -0.389 e. The van der Waals surface area contributed by atoms with E-state index in [0.29, 0.717) is 18.7 Å². The van der Waals surface area contributed by atoms with E-state index in [1.54, 1.807) is 18.2 Å². The first kappa shape index (κ1) is 13.9. The van der Waals surface area contributed by atoms with E-state index in [-0.39, 0.29) is 28.2 Å². The van der Waals surface area contributed by atoms with Crippen molar-refractivity contribution in [2.45, 2.75) is 13.0 Å². The van der Waals surface area contributed by atoms with Gasteiger partial charge in [0.15, 0.2) is 0 Å². The zero-order valence-corrected chi connectivity index (χ0v) is 11.3. The van der Waals surface area contributed by atoms with Gasteiger partial charge in [0.25, 0.3) is 0 Å². The third-order valence-electron chi connectivity index (χ3n) is 3.41. The molecule has 1 heterocycles. The number of hydrogen-bond acceptors (Lipinski definition) is 3. The highest BCUT2D eigenvalue weighted by molar-refractivity contribution is 7.80. The molecule has 4 N–H and O–H groups in total. The van der Waals surface area contributed by atoms with Gasteiger partial charge < -0.3 is 11.5 Å². The SMILES string of the molecule is NC(=O)C1CCN(Cc2cccc(C(N)=S)c2F)C1. The number of benzene rings is 1. The van der Waals surface area contributed by atoms with Gasteiger partial charge in [-0.3, -0.25) is 9.69 Å². The summed E-state index contributed by atoms with van der Waals surface area (Å²) in [5, 5.41) is 0. The Morgan fingerprint density at radius 3 is 2.79 bits per heavy atom. The van der Waals surface area contributed by atoms with Gasteiger partial charge >= 0.3 is 0 Å². The molecule has 2 rings (SSSR count). The van der Waals surface area contributed by atoms with Crippen LogP contribution in [0.15, 0.2) is 18.2 Å². The molecule has 1 saturated heterocycles. The molecule has 102 valence electrons.